The first-order chi connectivity index (χ1) is 7.21. The predicted octanol–water partition coefficient (Wildman–Crippen LogP) is 5.18. The Hall–Kier alpha value is -0.430. The number of hydrogen-bond donors (Lipinski definition) is 1. The van der Waals surface area contributed by atoms with Crippen molar-refractivity contribution in [1.29, 1.82) is 0 Å². The third kappa shape index (κ3) is 4.61. The topological polar surface area (TPSA) is 0 Å². The van der Waals surface area contributed by atoms with Gasteiger partial charge in [0.15, 0.2) is 0 Å². The number of thiol groups is 1. The van der Waals surface area contributed by atoms with Crippen molar-refractivity contribution in [2.24, 2.45) is 0 Å². The molecule has 0 N–H and O–H groups in total. The van der Waals surface area contributed by atoms with Gasteiger partial charge in [-0.3, -0.25) is 0 Å². The molecule has 1 rings (SSSR count). The highest BCUT2D eigenvalue weighted by molar-refractivity contribution is 7.81. The Balaban J connectivity index is 0.00000106. The van der Waals surface area contributed by atoms with Crippen molar-refractivity contribution < 1.29 is 0 Å². The quantitative estimate of drug-likeness (QED) is 0.641. The molecule has 0 atom stereocenters. The molecule has 0 unspecified atom stereocenters. The normalized spacial score (nSPS) is 11.8. The smallest absolute Gasteiger partial charge is 0.0322 e. The molecule has 0 spiro atoms. The van der Waals surface area contributed by atoms with Crippen molar-refractivity contribution in [1.82, 2.24) is 0 Å². The van der Waals surface area contributed by atoms with Crippen molar-refractivity contribution in [3.8, 4) is 0 Å². The van der Waals surface area contributed by atoms with E-state index in [9.17, 15) is 0 Å². The fraction of sp³-hybridized carbons (Fsp3) is 0.600. The van der Waals surface area contributed by atoms with Crippen molar-refractivity contribution >= 4 is 12.6 Å². The molecule has 0 aliphatic rings. The van der Waals surface area contributed by atoms with Gasteiger partial charge in [-0.2, -0.15) is 12.6 Å². The van der Waals surface area contributed by atoms with Crippen LogP contribution >= 0.6 is 12.6 Å². The van der Waals surface area contributed by atoms with Crippen molar-refractivity contribution in [3.05, 3.63) is 35.4 Å². The second-order valence-electron chi connectivity index (χ2n) is 5.39. The zero-order valence-electron chi connectivity index (χ0n) is 11.8. The average Bonchev–Trinajstić information content (AvgIpc) is 2.18. The largest absolute Gasteiger partial charge is 0.168 e. The summed E-state index contributed by atoms with van der Waals surface area (Å²) in [7, 11) is 0. The molecular weight excluding hydrogens is 212 g/mol. The van der Waals surface area contributed by atoms with Gasteiger partial charge < -0.3 is 0 Å². The van der Waals surface area contributed by atoms with Gasteiger partial charge in [0.25, 0.3) is 0 Å². The van der Waals surface area contributed by atoms with Gasteiger partial charge in [0.1, 0.15) is 0 Å². The molecule has 1 heteroatoms. The first-order valence-electron chi connectivity index (χ1n) is 6.04. The molecule has 0 radical (unpaired) electrons. The Morgan fingerprint density at radius 3 is 1.31 bits per heavy atom. The fourth-order valence-corrected chi connectivity index (χ4v) is 1.53. The van der Waals surface area contributed by atoms with Gasteiger partial charge in [-0.15, -0.1) is 0 Å². The Morgan fingerprint density at radius 1 is 0.750 bits per heavy atom. The van der Waals surface area contributed by atoms with Crippen LogP contribution in [-0.4, -0.2) is 0 Å². The van der Waals surface area contributed by atoms with Gasteiger partial charge in [-0.05, 0) is 30.4 Å². The molecule has 0 aliphatic carbocycles. The fourth-order valence-electron chi connectivity index (χ4n) is 1.38. The lowest BCUT2D eigenvalue weighted by atomic mass is 9.86. The molecule has 0 nitrogen and oxygen atoms in total. The zero-order chi connectivity index (χ0) is 13.0. The molecule has 0 saturated heterocycles. The lowest BCUT2D eigenvalue weighted by molar-refractivity contribution is 0.589. The summed E-state index contributed by atoms with van der Waals surface area (Å²) in [6, 6.07) is 8.75. The first-order valence-corrected chi connectivity index (χ1v) is 6.49. The average molecular weight is 238 g/mol. The highest BCUT2D eigenvalue weighted by atomic mass is 32.1. The Bertz CT molecular complexity index is 263. The summed E-state index contributed by atoms with van der Waals surface area (Å²) >= 11 is 4.55. The van der Waals surface area contributed by atoms with E-state index in [-0.39, 0.29) is 10.2 Å². The Labute approximate surface area is 107 Å². The first kappa shape index (κ1) is 15.6. The zero-order valence-corrected chi connectivity index (χ0v) is 12.7. The summed E-state index contributed by atoms with van der Waals surface area (Å²) in [5.74, 6) is 0. The van der Waals surface area contributed by atoms with E-state index in [2.05, 4.69) is 71.5 Å². The minimum absolute atomic E-state index is 0.0452. The highest BCUT2D eigenvalue weighted by Crippen LogP contribution is 2.29. The van der Waals surface area contributed by atoms with E-state index < -0.39 is 0 Å². The molecule has 0 bridgehead atoms. The van der Waals surface area contributed by atoms with E-state index in [1.54, 1.807) is 0 Å². The maximum absolute atomic E-state index is 4.55. The second kappa shape index (κ2) is 5.77. The van der Waals surface area contributed by atoms with Crippen LogP contribution in [0.4, 0.5) is 0 Å². The van der Waals surface area contributed by atoms with Crippen LogP contribution in [0.3, 0.4) is 0 Å². The lowest BCUT2D eigenvalue weighted by Crippen LogP contribution is -2.12. The summed E-state index contributed by atoms with van der Waals surface area (Å²) in [6.45, 7) is 14.9. The molecule has 0 amide bonds. The van der Waals surface area contributed by atoms with E-state index in [0.717, 1.165) is 0 Å². The van der Waals surface area contributed by atoms with Crippen molar-refractivity contribution in [3.63, 3.8) is 0 Å². The van der Waals surface area contributed by atoms with Gasteiger partial charge in [0.2, 0.25) is 0 Å². The second-order valence-corrected chi connectivity index (χ2v) is 6.50. The van der Waals surface area contributed by atoms with Gasteiger partial charge in [-0.25, -0.2) is 0 Å². The number of rotatable bonds is 1. The van der Waals surface area contributed by atoms with Gasteiger partial charge in [0.05, 0.1) is 0 Å². The van der Waals surface area contributed by atoms with Gasteiger partial charge in [-0.1, -0.05) is 58.9 Å². The molecule has 0 fully saturated rings. The van der Waals surface area contributed by atoms with Crippen LogP contribution in [0.5, 0.6) is 0 Å². The van der Waals surface area contributed by atoms with Crippen LogP contribution in [0.25, 0.3) is 0 Å². The van der Waals surface area contributed by atoms with E-state index in [0.29, 0.717) is 0 Å². The maximum atomic E-state index is 4.55. The summed E-state index contributed by atoms with van der Waals surface area (Å²) in [5.41, 5.74) is 2.88. The molecule has 1 aromatic carbocycles. The van der Waals surface area contributed by atoms with Crippen LogP contribution in [-0.2, 0) is 10.2 Å². The van der Waals surface area contributed by atoms with E-state index in [4.69, 9.17) is 0 Å². The summed E-state index contributed by atoms with van der Waals surface area (Å²) in [5, 5.41) is 0. The molecule has 1 aromatic rings. The Kier molecular flexibility index (Phi) is 5.61. The molecule has 0 aromatic heterocycles. The molecule has 0 saturated carbocycles. The van der Waals surface area contributed by atoms with Crippen LogP contribution in [0.15, 0.2) is 24.3 Å². The highest BCUT2D eigenvalue weighted by Gasteiger charge is 2.17. The van der Waals surface area contributed by atoms with E-state index in [1.807, 2.05) is 13.8 Å². The Morgan fingerprint density at radius 2 is 1.06 bits per heavy atom. The van der Waals surface area contributed by atoms with E-state index in [1.165, 1.54) is 11.1 Å². The standard InChI is InChI=1S/C13H20S.C2H6/c1-12(2,3)10-6-8-11(9-7-10)13(4,5)14;1-2/h6-9,14H,1-5H3;1-2H3. The van der Waals surface area contributed by atoms with Crippen LogP contribution in [0.1, 0.15) is 59.6 Å². The van der Waals surface area contributed by atoms with Crippen molar-refractivity contribution in [2.45, 2.75) is 58.6 Å². The minimum Gasteiger partial charge on any atom is -0.168 e. The van der Waals surface area contributed by atoms with Crippen LogP contribution < -0.4 is 0 Å². The molecule has 0 heterocycles. The van der Waals surface area contributed by atoms with Crippen LogP contribution in [0, 0.1) is 0 Å². The van der Waals surface area contributed by atoms with Crippen LogP contribution in [0.2, 0.25) is 0 Å². The minimum atomic E-state index is -0.0452. The third-order valence-electron chi connectivity index (χ3n) is 2.46. The maximum Gasteiger partial charge on any atom is 0.0322 e. The summed E-state index contributed by atoms with van der Waals surface area (Å²) in [6.07, 6.45) is 0. The molecule has 92 valence electrons. The molecule has 0 aliphatic heterocycles. The number of benzene rings is 1. The van der Waals surface area contributed by atoms with Gasteiger partial charge >= 0.3 is 0 Å². The predicted molar refractivity (Wildman–Crippen MR) is 78.5 cm³/mol. The van der Waals surface area contributed by atoms with E-state index >= 15 is 0 Å². The van der Waals surface area contributed by atoms with Gasteiger partial charge in [0, 0.05) is 4.75 Å². The SMILES string of the molecule is CC.CC(C)(C)c1ccc(C(C)(C)S)cc1. The number of hydrogen-bond acceptors (Lipinski definition) is 1. The lowest BCUT2D eigenvalue weighted by Gasteiger charge is -2.22. The summed E-state index contributed by atoms with van der Waals surface area (Å²) in [4.78, 5) is 0. The van der Waals surface area contributed by atoms with Crippen molar-refractivity contribution in [2.75, 3.05) is 0 Å². The molecular formula is C15H26S. The molecule has 16 heavy (non-hydrogen) atoms. The third-order valence-corrected chi connectivity index (χ3v) is 2.72. The summed E-state index contributed by atoms with van der Waals surface area (Å²) < 4.78 is -0.0452. The monoisotopic (exact) mass is 238 g/mol.